The molecule has 1 atom stereocenters. The van der Waals surface area contributed by atoms with Crippen molar-refractivity contribution in [3.63, 3.8) is 0 Å². The fourth-order valence-corrected chi connectivity index (χ4v) is 1.46. The molecule has 0 aliphatic rings. The maximum absolute atomic E-state index is 13.7. The van der Waals surface area contributed by atoms with Crippen LogP contribution in [0.5, 0.6) is 0 Å². The number of halogens is 1. The molecule has 0 saturated heterocycles. The second kappa shape index (κ2) is 5.61. The lowest BCUT2D eigenvalue weighted by Crippen LogP contribution is -2.30. The van der Waals surface area contributed by atoms with Gasteiger partial charge >= 0.3 is 0 Å². The number of hydrogen-bond acceptors (Lipinski definition) is 2. The molecule has 0 aromatic heterocycles. The van der Waals surface area contributed by atoms with E-state index >= 15 is 0 Å². The van der Waals surface area contributed by atoms with Crippen molar-refractivity contribution in [2.75, 3.05) is 6.61 Å². The van der Waals surface area contributed by atoms with Crippen LogP contribution >= 0.6 is 0 Å². The van der Waals surface area contributed by atoms with E-state index in [1.54, 1.807) is 32.0 Å². The van der Waals surface area contributed by atoms with E-state index < -0.39 is 6.04 Å². The van der Waals surface area contributed by atoms with E-state index in [0.717, 1.165) is 0 Å². The maximum Gasteiger partial charge on any atom is 0.220 e. The summed E-state index contributed by atoms with van der Waals surface area (Å²) in [7, 11) is 0. The van der Waals surface area contributed by atoms with Crippen LogP contribution in [0, 0.1) is 12.7 Å². The lowest BCUT2D eigenvalue weighted by molar-refractivity contribution is -0.121. The molecule has 0 spiro atoms. The first kappa shape index (κ1) is 12.6. The molecular weight excluding hydrogens is 209 g/mol. The Kier molecular flexibility index (Phi) is 4.43. The molecule has 4 heteroatoms. The van der Waals surface area contributed by atoms with Gasteiger partial charge in [0.2, 0.25) is 5.91 Å². The van der Waals surface area contributed by atoms with Crippen LogP contribution in [0.4, 0.5) is 4.39 Å². The summed E-state index contributed by atoms with van der Waals surface area (Å²) in [5.74, 6) is -0.585. The predicted octanol–water partition coefficient (Wildman–Crippen LogP) is 1.69. The van der Waals surface area contributed by atoms with Gasteiger partial charge in [0.05, 0.1) is 12.6 Å². The molecule has 1 aromatic carbocycles. The highest BCUT2D eigenvalue weighted by Crippen LogP contribution is 2.19. The number of amides is 1. The van der Waals surface area contributed by atoms with Crippen molar-refractivity contribution in [2.45, 2.75) is 26.3 Å². The third kappa shape index (κ3) is 2.79. The number of aliphatic hydroxyl groups is 1. The zero-order valence-corrected chi connectivity index (χ0v) is 9.46. The van der Waals surface area contributed by atoms with Crippen molar-refractivity contribution in [1.82, 2.24) is 5.32 Å². The number of rotatable bonds is 4. The molecule has 0 bridgehead atoms. The quantitative estimate of drug-likeness (QED) is 0.819. The summed E-state index contributed by atoms with van der Waals surface area (Å²) >= 11 is 0. The van der Waals surface area contributed by atoms with Crippen LogP contribution in [0.1, 0.15) is 30.5 Å². The number of carbonyl (C=O) groups excluding carboxylic acids is 1. The first-order valence-corrected chi connectivity index (χ1v) is 5.25. The van der Waals surface area contributed by atoms with Crippen LogP contribution in [0.25, 0.3) is 0 Å². The highest BCUT2D eigenvalue weighted by Gasteiger charge is 2.17. The average Bonchev–Trinajstić information content (AvgIpc) is 2.29. The molecule has 0 aliphatic carbocycles. The van der Waals surface area contributed by atoms with E-state index in [-0.39, 0.29) is 18.3 Å². The first-order chi connectivity index (χ1) is 7.60. The van der Waals surface area contributed by atoms with Crippen LogP contribution in [-0.4, -0.2) is 17.6 Å². The van der Waals surface area contributed by atoms with Gasteiger partial charge in [0.25, 0.3) is 0 Å². The zero-order valence-electron chi connectivity index (χ0n) is 9.46. The Balaban J connectivity index is 2.95. The van der Waals surface area contributed by atoms with Gasteiger partial charge in [-0.05, 0) is 12.5 Å². The zero-order chi connectivity index (χ0) is 12.1. The third-order valence-electron chi connectivity index (χ3n) is 2.44. The first-order valence-electron chi connectivity index (χ1n) is 5.25. The largest absolute Gasteiger partial charge is 0.394 e. The van der Waals surface area contributed by atoms with E-state index in [1.165, 1.54) is 0 Å². The molecule has 0 heterocycles. The third-order valence-corrected chi connectivity index (χ3v) is 2.44. The predicted molar refractivity (Wildman–Crippen MR) is 59.4 cm³/mol. The van der Waals surface area contributed by atoms with Crippen LogP contribution in [-0.2, 0) is 4.79 Å². The van der Waals surface area contributed by atoms with E-state index in [1.807, 2.05) is 0 Å². The summed E-state index contributed by atoms with van der Waals surface area (Å²) in [4.78, 5) is 11.2. The summed E-state index contributed by atoms with van der Waals surface area (Å²) < 4.78 is 13.7. The van der Waals surface area contributed by atoms with Crippen LogP contribution < -0.4 is 5.32 Å². The number of benzene rings is 1. The summed E-state index contributed by atoms with van der Waals surface area (Å²) in [5.41, 5.74) is 0.825. The Morgan fingerprint density at radius 3 is 2.81 bits per heavy atom. The summed E-state index contributed by atoms with van der Waals surface area (Å²) in [6.07, 6.45) is 0.309. The van der Waals surface area contributed by atoms with Crippen LogP contribution in [0.2, 0.25) is 0 Å². The maximum atomic E-state index is 13.7. The van der Waals surface area contributed by atoms with Gasteiger partial charge in [0, 0.05) is 12.0 Å². The number of nitrogens with one attached hydrogen (secondary N) is 1. The fourth-order valence-electron chi connectivity index (χ4n) is 1.46. The van der Waals surface area contributed by atoms with Gasteiger partial charge in [-0.2, -0.15) is 0 Å². The highest BCUT2D eigenvalue weighted by atomic mass is 19.1. The minimum absolute atomic E-state index is 0.208. The molecule has 1 rings (SSSR count). The summed E-state index contributed by atoms with van der Waals surface area (Å²) in [6, 6.07) is 4.25. The van der Waals surface area contributed by atoms with Gasteiger partial charge < -0.3 is 10.4 Å². The molecule has 0 unspecified atom stereocenters. The monoisotopic (exact) mass is 225 g/mol. The van der Waals surface area contributed by atoms with Crippen molar-refractivity contribution < 1.29 is 14.3 Å². The lowest BCUT2D eigenvalue weighted by atomic mass is 10.0. The second-order valence-corrected chi connectivity index (χ2v) is 3.63. The SMILES string of the molecule is CCC(=O)N[C@H](CO)c1cccc(C)c1F. The molecule has 0 aliphatic heterocycles. The van der Waals surface area contributed by atoms with E-state index in [4.69, 9.17) is 5.11 Å². The molecule has 1 aromatic rings. The Labute approximate surface area is 94.3 Å². The molecule has 0 radical (unpaired) electrons. The minimum Gasteiger partial charge on any atom is -0.394 e. The fraction of sp³-hybridized carbons (Fsp3) is 0.417. The molecular formula is C12H16FNO2. The standard InChI is InChI=1S/C12H16FNO2/c1-3-11(16)14-10(7-15)9-6-4-5-8(2)12(9)13/h4-6,10,15H,3,7H2,1-2H3,(H,14,16)/t10-/m1/s1. The van der Waals surface area contributed by atoms with Gasteiger partial charge in [0.15, 0.2) is 0 Å². The molecule has 2 N–H and O–H groups in total. The average molecular weight is 225 g/mol. The van der Waals surface area contributed by atoms with Gasteiger partial charge in [-0.25, -0.2) is 4.39 Å². The molecule has 1 amide bonds. The molecule has 0 fully saturated rings. The van der Waals surface area contributed by atoms with Crippen LogP contribution in [0.15, 0.2) is 18.2 Å². The molecule has 16 heavy (non-hydrogen) atoms. The number of aliphatic hydroxyl groups excluding tert-OH is 1. The minimum atomic E-state index is -0.674. The Morgan fingerprint density at radius 2 is 2.25 bits per heavy atom. The van der Waals surface area contributed by atoms with Crippen molar-refractivity contribution in [3.8, 4) is 0 Å². The molecule has 0 saturated carbocycles. The molecule has 3 nitrogen and oxygen atoms in total. The van der Waals surface area contributed by atoms with E-state index in [2.05, 4.69) is 5.32 Å². The van der Waals surface area contributed by atoms with Crippen molar-refractivity contribution >= 4 is 5.91 Å². The van der Waals surface area contributed by atoms with Gasteiger partial charge in [-0.15, -0.1) is 0 Å². The van der Waals surface area contributed by atoms with Crippen molar-refractivity contribution in [2.24, 2.45) is 0 Å². The Hall–Kier alpha value is -1.42. The van der Waals surface area contributed by atoms with E-state index in [0.29, 0.717) is 17.5 Å². The summed E-state index contributed by atoms with van der Waals surface area (Å²) in [5, 5.41) is 11.7. The Bertz CT molecular complexity index is 379. The van der Waals surface area contributed by atoms with Gasteiger partial charge in [-0.1, -0.05) is 25.1 Å². The smallest absolute Gasteiger partial charge is 0.220 e. The van der Waals surface area contributed by atoms with Crippen molar-refractivity contribution in [1.29, 1.82) is 0 Å². The lowest BCUT2D eigenvalue weighted by Gasteiger charge is -2.17. The number of hydrogen-bond donors (Lipinski definition) is 2. The van der Waals surface area contributed by atoms with Gasteiger partial charge in [-0.3, -0.25) is 4.79 Å². The molecule has 88 valence electrons. The second-order valence-electron chi connectivity index (χ2n) is 3.63. The number of carbonyl (C=O) groups is 1. The van der Waals surface area contributed by atoms with Gasteiger partial charge in [0.1, 0.15) is 5.82 Å². The highest BCUT2D eigenvalue weighted by molar-refractivity contribution is 5.76. The van der Waals surface area contributed by atoms with Crippen molar-refractivity contribution in [3.05, 3.63) is 35.1 Å². The Morgan fingerprint density at radius 1 is 1.56 bits per heavy atom. The summed E-state index contributed by atoms with van der Waals surface area (Å²) in [6.45, 7) is 3.04. The van der Waals surface area contributed by atoms with E-state index in [9.17, 15) is 9.18 Å². The normalized spacial score (nSPS) is 12.2. The number of aryl methyl sites for hydroxylation is 1. The topological polar surface area (TPSA) is 49.3 Å². The van der Waals surface area contributed by atoms with Crippen LogP contribution in [0.3, 0.4) is 0 Å².